The molecule has 2 aromatic carbocycles. The number of anilines is 1. The van der Waals surface area contributed by atoms with Crippen LogP contribution in [0.3, 0.4) is 0 Å². The summed E-state index contributed by atoms with van der Waals surface area (Å²) in [5, 5.41) is 18.8. The summed E-state index contributed by atoms with van der Waals surface area (Å²) < 4.78 is 10.6. The number of aliphatic hydroxyl groups excluding tert-OH is 1. The molecule has 0 aromatic heterocycles. The smallest absolute Gasteiger partial charge is 0.414 e. The summed E-state index contributed by atoms with van der Waals surface area (Å²) in [6.07, 6.45) is -3.25. The first-order valence-corrected chi connectivity index (χ1v) is 7.72. The Bertz CT molecular complexity index is 719. The van der Waals surface area contributed by atoms with Crippen molar-refractivity contribution in [3.05, 3.63) is 59.1 Å². The highest BCUT2D eigenvalue weighted by atomic mass is 35.5. The van der Waals surface area contributed by atoms with Crippen LogP contribution in [0.1, 0.15) is 5.56 Å². The highest BCUT2D eigenvalue weighted by molar-refractivity contribution is 6.30. The summed E-state index contributed by atoms with van der Waals surface area (Å²) in [6.45, 7) is 0.462. The van der Waals surface area contributed by atoms with E-state index >= 15 is 0 Å². The first-order chi connectivity index (χ1) is 11.5. The van der Waals surface area contributed by atoms with Crippen molar-refractivity contribution in [2.24, 2.45) is 0 Å². The molecule has 1 heterocycles. The average Bonchev–Trinajstić information content (AvgIpc) is 2.96. The molecule has 24 heavy (non-hydrogen) atoms. The van der Waals surface area contributed by atoms with E-state index in [-0.39, 0.29) is 6.54 Å². The molecule has 2 N–H and O–H groups in total. The van der Waals surface area contributed by atoms with Crippen LogP contribution in [0.25, 0.3) is 0 Å². The predicted octanol–water partition coefficient (Wildman–Crippen LogP) is 2.55. The largest absolute Gasteiger partial charge is 0.489 e. The Hall–Kier alpha value is -2.28. The number of cyclic esters (lactones) is 1. The maximum absolute atomic E-state index is 11.8. The standard InChI is InChI=1S/C17H16ClNO5/c18-12-3-1-2-11(8-12)10-23-14-6-4-13(5-7-14)19-9-15(16(20)21)24-17(19)22/h1-8,15-16,20-21H,9-10H2. The van der Waals surface area contributed by atoms with Gasteiger partial charge in [0.1, 0.15) is 12.4 Å². The van der Waals surface area contributed by atoms with E-state index in [0.717, 1.165) is 5.56 Å². The number of hydrogen-bond donors (Lipinski definition) is 2. The third-order valence-electron chi connectivity index (χ3n) is 3.61. The molecule has 0 spiro atoms. The normalized spacial score (nSPS) is 17.2. The zero-order valence-corrected chi connectivity index (χ0v) is 13.4. The van der Waals surface area contributed by atoms with Crippen LogP contribution in [0.5, 0.6) is 5.75 Å². The molecule has 6 nitrogen and oxygen atoms in total. The number of ether oxygens (including phenoxy) is 2. The fourth-order valence-electron chi connectivity index (χ4n) is 2.37. The molecule has 1 aliphatic rings. The SMILES string of the molecule is O=C1OC(C(O)O)CN1c1ccc(OCc2cccc(Cl)c2)cc1. The van der Waals surface area contributed by atoms with Crippen molar-refractivity contribution in [2.45, 2.75) is 19.0 Å². The van der Waals surface area contributed by atoms with Gasteiger partial charge in [-0.25, -0.2) is 4.79 Å². The summed E-state index contributed by atoms with van der Waals surface area (Å²) in [4.78, 5) is 13.1. The van der Waals surface area contributed by atoms with Crippen LogP contribution in [0.2, 0.25) is 5.02 Å². The Kier molecular flexibility index (Phi) is 4.89. The molecule has 126 valence electrons. The lowest BCUT2D eigenvalue weighted by Gasteiger charge is -2.14. The van der Waals surface area contributed by atoms with Gasteiger partial charge >= 0.3 is 6.09 Å². The van der Waals surface area contributed by atoms with Gasteiger partial charge in [0.15, 0.2) is 12.4 Å². The lowest BCUT2D eigenvalue weighted by atomic mass is 10.2. The Morgan fingerprint density at radius 1 is 1.25 bits per heavy atom. The maximum Gasteiger partial charge on any atom is 0.414 e. The highest BCUT2D eigenvalue weighted by Gasteiger charge is 2.36. The molecule has 1 aliphatic heterocycles. The Morgan fingerprint density at radius 3 is 2.62 bits per heavy atom. The number of rotatable bonds is 5. The van der Waals surface area contributed by atoms with E-state index in [2.05, 4.69) is 0 Å². The zero-order valence-electron chi connectivity index (χ0n) is 12.6. The van der Waals surface area contributed by atoms with Gasteiger partial charge in [-0.2, -0.15) is 0 Å². The van der Waals surface area contributed by atoms with Gasteiger partial charge in [-0.3, -0.25) is 4.90 Å². The maximum atomic E-state index is 11.8. The molecule has 2 aromatic rings. The first kappa shape index (κ1) is 16.6. The zero-order chi connectivity index (χ0) is 17.1. The topological polar surface area (TPSA) is 79.2 Å². The van der Waals surface area contributed by atoms with E-state index in [4.69, 9.17) is 31.3 Å². The minimum atomic E-state index is -1.70. The van der Waals surface area contributed by atoms with Crippen molar-refractivity contribution in [3.63, 3.8) is 0 Å². The fourth-order valence-corrected chi connectivity index (χ4v) is 2.58. The molecule has 7 heteroatoms. The number of nitrogens with zero attached hydrogens (tertiary/aromatic N) is 1. The van der Waals surface area contributed by atoms with Crippen molar-refractivity contribution < 1.29 is 24.5 Å². The predicted molar refractivity (Wildman–Crippen MR) is 88.1 cm³/mol. The minimum absolute atomic E-state index is 0.0826. The number of halogens is 1. The van der Waals surface area contributed by atoms with Gasteiger partial charge in [-0.15, -0.1) is 0 Å². The molecule has 0 radical (unpaired) electrons. The van der Waals surface area contributed by atoms with Crippen molar-refractivity contribution in [2.75, 3.05) is 11.4 Å². The lowest BCUT2D eigenvalue weighted by Crippen LogP contribution is -2.30. The molecule has 1 saturated heterocycles. The van der Waals surface area contributed by atoms with Gasteiger partial charge in [-0.05, 0) is 42.0 Å². The van der Waals surface area contributed by atoms with Crippen LogP contribution in [0, 0.1) is 0 Å². The highest BCUT2D eigenvalue weighted by Crippen LogP contribution is 2.25. The lowest BCUT2D eigenvalue weighted by molar-refractivity contribution is -0.108. The minimum Gasteiger partial charge on any atom is -0.489 e. The number of amides is 1. The molecule has 0 aliphatic carbocycles. The quantitative estimate of drug-likeness (QED) is 0.811. The van der Waals surface area contributed by atoms with E-state index < -0.39 is 18.5 Å². The van der Waals surface area contributed by atoms with Gasteiger partial charge in [0.25, 0.3) is 0 Å². The molecule has 1 atom stereocenters. The molecular weight excluding hydrogens is 334 g/mol. The van der Waals surface area contributed by atoms with Crippen LogP contribution in [0.15, 0.2) is 48.5 Å². The number of carbonyl (C=O) groups is 1. The van der Waals surface area contributed by atoms with E-state index in [0.29, 0.717) is 23.1 Å². The summed E-state index contributed by atoms with van der Waals surface area (Å²) in [7, 11) is 0. The molecule has 1 fully saturated rings. The summed E-state index contributed by atoms with van der Waals surface area (Å²) >= 11 is 5.93. The third kappa shape index (κ3) is 3.79. The second-order valence-electron chi connectivity index (χ2n) is 5.36. The van der Waals surface area contributed by atoms with Crippen LogP contribution >= 0.6 is 11.6 Å². The molecule has 1 amide bonds. The molecule has 0 saturated carbocycles. The van der Waals surface area contributed by atoms with E-state index in [1.807, 2.05) is 18.2 Å². The fraction of sp³-hybridized carbons (Fsp3) is 0.235. The first-order valence-electron chi connectivity index (χ1n) is 7.34. The molecular formula is C17H16ClNO5. The van der Waals surface area contributed by atoms with Crippen LogP contribution in [-0.2, 0) is 11.3 Å². The summed E-state index contributed by atoms with van der Waals surface area (Å²) in [5.74, 6) is 0.644. The summed E-state index contributed by atoms with van der Waals surface area (Å²) in [6, 6.07) is 14.3. The van der Waals surface area contributed by atoms with Crippen LogP contribution < -0.4 is 9.64 Å². The molecule has 1 unspecified atom stereocenters. The monoisotopic (exact) mass is 349 g/mol. The van der Waals surface area contributed by atoms with Crippen LogP contribution in [0.4, 0.5) is 10.5 Å². The number of aliphatic hydroxyl groups is 2. The second-order valence-corrected chi connectivity index (χ2v) is 5.80. The van der Waals surface area contributed by atoms with Crippen molar-refractivity contribution in [3.8, 4) is 5.75 Å². The average molecular weight is 350 g/mol. The Morgan fingerprint density at radius 2 is 2.00 bits per heavy atom. The second kappa shape index (κ2) is 7.09. The number of hydrogen-bond acceptors (Lipinski definition) is 5. The third-order valence-corrected chi connectivity index (χ3v) is 3.85. The Balaban J connectivity index is 1.62. The van der Waals surface area contributed by atoms with Gasteiger partial charge < -0.3 is 19.7 Å². The van der Waals surface area contributed by atoms with Gasteiger partial charge in [-0.1, -0.05) is 23.7 Å². The van der Waals surface area contributed by atoms with Crippen molar-refractivity contribution >= 4 is 23.4 Å². The van der Waals surface area contributed by atoms with Crippen molar-refractivity contribution in [1.29, 1.82) is 0 Å². The van der Waals surface area contributed by atoms with E-state index in [1.165, 1.54) is 4.90 Å². The molecule has 3 rings (SSSR count). The van der Waals surface area contributed by atoms with Gasteiger partial charge in [0.2, 0.25) is 0 Å². The number of benzene rings is 2. The number of carbonyl (C=O) groups excluding carboxylic acids is 1. The van der Waals surface area contributed by atoms with Crippen molar-refractivity contribution in [1.82, 2.24) is 0 Å². The van der Waals surface area contributed by atoms with E-state index in [1.54, 1.807) is 30.3 Å². The molecule has 0 bridgehead atoms. The Labute approximate surface area is 143 Å². The summed E-state index contributed by atoms with van der Waals surface area (Å²) in [5.41, 5.74) is 1.55. The van der Waals surface area contributed by atoms with Crippen LogP contribution in [-0.4, -0.2) is 35.2 Å². The van der Waals surface area contributed by atoms with Gasteiger partial charge in [0, 0.05) is 10.7 Å². The van der Waals surface area contributed by atoms with Gasteiger partial charge in [0.05, 0.1) is 6.54 Å². The van der Waals surface area contributed by atoms with E-state index in [9.17, 15) is 4.79 Å².